The lowest BCUT2D eigenvalue weighted by Gasteiger charge is -2.51. The van der Waals surface area contributed by atoms with Crippen LogP contribution in [0.5, 0.6) is 0 Å². The minimum absolute atomic E-state index is 0.341. The highest BCUT2D eigenvalue weighted by atomic mass is 16.5. The van der Waals surface area contributed by atoms with E-state index < -0.39 is 0 Å². The molecule has 3 aliphatic rings. The van der Waals surface area contributed by atoms with Gasteiger partial charge < -0.3 is 10.1 Å². The predicted molar refractivity (Wildman–Crippen MR) is 78.3 cm³/mol. The van der Waals surface area contributed by atoms with Crippen molar-refractivity contribution in [3.05, 3.63) is 0 Å². The van der Waals surface area contributed by atoms with Crippen molar-refractivity contribution in [2.45, 2.75) is 70.7 Å². The summed E-state index contributed by atoms with van der Waals surface area (Å²) in [5.74, 6) is 1.62. The number of hydrogen-bond donors (Lipinski definition) is 1. The topological polar surface area (TPSA) is 24.5 Å². The van der Waals surface area contributed by atoms with Gasteiger partial charge in [0.2, 0.25) is 0 Å². The minimum atomic E-state index is 0.341. The molecule has 3 rings (SSSR count). The van der Waals surface area contributed by atoms with Crippen LogP contribution >= 0.6 is 0 Å². The molecule has 0 aromatic heterocycles. The van der Waals surface area contributed by atoms with Gasteiger partial charge in [0, 0.05) is 37.3 Å². The molecule has 0 amide bonds. The molecule has 0 spiro atoms. The molecule has 4 atom stereocenters. The van der Waals surface area contributed by atoms with Crippen molar-refractivity contribution < 1.29 is 4.74 Å². The molecule has 110 valence electrons. The average molecular weight is 266 g/mol. The number of ether oxygens (including phenoxy) is 1. The Balaban J connectivity index is 1.77. The number of rotatable bonds is 3. The lowest BCUT2D eigenvalue weighted by atomic mass is 9.86. The normalized spacial score (nSPS) is 45.0. The van der Waals surface area contributed by atoms with Gasteiger partial charge in [-0.3, -0.25) is 4.90 Å². The highest BCUT2D eigenvalue weighted by Gasteiger charge is 2.49. The smallest absolute Gasteiger partial charge is 0.0703 e. The van der Waals surface area contributed by atoms with Crippen molar-refractivity contribution in [1.82, 2.24) is 10.2 Å². The highest BCUT2D eigenvalue weighted by Crippen LogP contribution is 2.42. The van der Waals surface area contributed by atoms with E-state index in [1.807, 2.05) is 0 Å². The Bertz CT molecular complexity index is 327. The zero-order valence-electron chi connectivity index (χ0n) is 13.0. The summed E-state index contributed by atoms with van der Waals surface area (Å²) in [5, 5.41) is 3.87. The maximum atomic E-state index is 5.83. The zero-order chi connectivity index (χ0) is 13.6. The van der Waals surface area contributed by atoms with Gasteiger partial charge in [0.1, 0.15) is 0 Å². The fourth-order valence-electron chi connectivity index (χ4n) is 4.14. The summed E-state index contributed by atoms with van der Waals surface area (Å²) in [4.78, 5) is 2.79. The lowest BCUT2D eigenvalue weighted by molar-refractivity contribution is -0.00796. The van der Waals surface area contributed by atoms with Crippen LogP contribution in [0, 0.1) is 11.8 Å². The van der Waals surface area contributed by atoms with Gasteiger partial charge in [-0.05, 0) is 44.9 Å². The van der Waals surface area contributed by atoms with Crippen LogP contribution in [0.4, 0.5) is 0 Å². The molecule has 0 bridgehead atoms. The standard InChI is InChI=1S/C16H30N2O/c1-11(2)15-9-17-16(4,13-5-6-13)10-18(15)14-7-8-19-12(14)3/h11-15,17H,5-10H2,1-4H3. The molecule has 2 aliphatic heterocycles. The van der Waals surface area contributed by atoms with E-state index >= 15 is 0 Å². The molecule has 3 fully saturated rings. The Morgan fingerprint density at radius 3 is 2.53 bits per heavy atom. The summed E-state index contributed by atoms with van der Waals surface area (Å²) in [6.45, 7) is 12.7. The number of piperazine rings is 1. The largest absolute Gasteiger partial charge is 0.377 e. The second-order valence-corrected chi connectivity index (χ2v) is 7.49. The third kappa shape index (κ3) is 2.57. The van der Waals surface area contributed by atoms with Gasteiger partial charge in [-0.1, -0.05) is 13.8 Å². The van der Waals surface area contributed by atoms with Crippen LogP contribution in [0.3, 0.4) is 0 Å². The molecule has 1 saturated carbocycles. The van der Waals surface area contributed by atoms with Crippen molar-refractivity contribution in [1.29, 1.82) is 0 Å². The van der Waals surface area contributed by atoms with E-state index in [0.29, 0.717) is 29.6 Å². The van der Waals surface area contributed by atoms with Crippen LogP contribution in [0.15, 0.2) is 0 Å². The van der Waals surface area contributed by atoms with Crippen molar-refractivity contribution in [3.63, 3.8) is 0 Å². The lowest BCUT2D eigenvalue weighted by Crippen LogP contribution is -2.67. The van der Waals surface area contributed by atoms with Gasteiger partial charge in [-0.2, -0.15) is 0 Å². The van der Waals surface area contributed by atoms with Crippen LogP contribution in [-0.2, 0) is 4.74 Å². The van der Waals surface area contributed by atoms with E-state index in [1.54, 1.807) is 0 Å². The first kappa shape index (κ1) is 13.8. The summed E-state index contributed by atoms with van der Waals surface area (Å²) in [6, 6.07) is 1.30. The summed E-state index contributed by atoms with van der Waals surface area (Å²) >= 11 is 0. The molecule has 1 aliphatic carbocycles. The molecule has 0 aromatic rings. The van der Waals surface area contributed by atoms with Crippen LogP contribution in [-0.4, -0.2) is 48.3 Å². The Kier molecular flexibility index (Phi) is 3.65. The highest BCUT2D eigenvalue weighted by molar-refractivity contribution is 5.06. The molecular weight excluding hydrogens is 236 g/mol. The Morgan fingerprint density at radius 1 is 1.26 bits per heavy atom. The second kappa shape index (κ2) is 5.01. The predicted octanol–water partition coefficient (Wildman–Crippen LogP) is 2.26. The van der Waals surface area contributed by atoms with Crippen molar-refractivity contribution in [3.8, 4) is 0 Å². The summed E-state index contributed by atoms with van der Waals surface area (Å²) < 4.78 is 5.83. The van der Waals surface area contributed by atoms with E-state index in [2.05, 4.69) is 37.9 Å². The SMILES string of the molecule is CC(C)C1CNC(C)(C2CC2)CN1C1CCOC1C. The molecule has 19 heavy (non-hydrogen) atoms. The summed E-state index contributed by atoms with van der Waals surface area (Å²) in [5.41, 5.74) is 0.341. The summed E-state index contributed by atoms with van der Waals surface area (Å²) in [7, 11) is 0. The Morgan fingerprint density at radius 2 is 2.00 bits per heavy atom. The molecule has 0 aromatic carbocycles. The van der Waals surface area contributed by atoms with E-state index in [9.17, 15) is 0 Å². The van der Waals surface area contributed by atoms with E-state index in [4.69, 9.17) is 4.74 Å². The molecule has 1 N–H and O–H groups in total. The Labute approximate surface area is 118 Å². The summed E-state index contributed by atoms with van der Waals surface area (Å²) in [6.07, 6.45) is 4.45. The molecule has 0 radical (unpaired) electrons. The molecule has 3 nitrogen and oxygen atoms in total. The first-order valence-electron chi connectivity index (χ1n) is 8.13. The molecule has 4 unspecified atom stereocenters. The number of nitrogens with zero attached hydrogens (tertiary/aromatic N) is 1. The average Bonchev–Trinajstić information content (AvgIpc) is 3.13. The third-order valence-corrected chi connectivity index (χ3v) is 5.66. The van der Waals surface area contributed by atoms with Gasteiger partial charge in [-0.15, -0.1) is 0 Å². The number of nitrogens with one attached hydrogen (secondary N) is 1. The maximum absolute atomic E-state index is 5.83. The molecule has 3 heteroatoms. The maximum Gasteiger partial charge on any atom is 0.0703 e. The van der Waals surface area contributed by atoms with Crippen LogP contribution in [0.1, 0.15) is 47.0 Å². The van der Waals surface area contributed by atoms with E-state index in [1.165, 1.54) is 25.8 Å². The van der Waals surface area contributed by atoms with Gasteiger partial charge in [-0.25, -0.2) is 0 Å². The van der Waals surface area contributed by atoms with Crippen LogP contribution < -0.4 is 5.32 Å². The fourth-order valence-corrected chi connectivity index (χ4v) is 4.14. The second-order valence-electron chi connectivity index (χ2n) is 7.49. The molecule has 2 saturated heterocycles. The molecule has 2 heterocycles. The van der Waals surface area contributed by atoms with Gasteiger partial charge in [0.25, 0.3) is 0 Å². The van der Waals surface area contributed by atoms with E-state index in [0.717, 1.165) is 19.1 Å². The van der Waals surface area contributed by atoms with Gasteiger partial charge >= 0.3 is 0 Å². The third-order valence-electron chi connectivity index (χ3n) is 5.66. The van der Waals surface area contributed by atoms with Crippen molar-refractivity contribution in [2.75, 3.05) is 19.7 Å². The van der Waals surface area contributed by atoms with Crippen LogP contribution in [0.25, 0.3) is 0 Å². The Hall–Kier alpha value is -0.120. The number of hydrogen-bond acceptors (Lipinski definition) is 3. The first-order valence-corrected chi connectivity index (χ1v) is 8.13. The first-order chi connectivity index (χ1) is 9.01. The quantitative estimate of drug-likeness (QED) is 0.848. The van der Waals surface area contributed by atoms with Crippen molar-refractivity contribution >= 4 is 0 Å². The fraction of sp³-hybridized carbons (Fsp3) is 1.00. The van der Waals surface area contributed by atoms with Crippen molar-refractivity contribution in [2.24, 2.45) is 11.8 Å². The monoisotopic (exact) mass is 266 g/mol. The zero-order valence-corrected chi connectivity index (χ0v) is 13.0. The molecular formula is C16H30N2O. The van der Waals surface area contributed by atoms with Gasteiger partial charge in [0.05, 0.1) is 6.10 Å². The van der Waals surface area contributed by atoms with E-state index in [-0.39, 0.29) is 0 Å². The van der Waals surface area contributed by atoms with Crippen LogP contribution in [0.2, 0.25) is 0 Å². The van der Waals surface area contributed by atoms with Gasteiger partial charge in [0.15, 0.2) is 0 Å². The minimum Gasteiger partial charge on any atom is -0.377 e.